The van der Waals surface area contributed by atoms with Crippen molar-refractivity contribution in [2.24, 2.45) is 0 Å². The molecule has 0 spiro atoms. The fourth-order valence-corrected chi connectivity index (χ4v) is 11.2. The lowest BCUT2D eigenvalue weighted by Crippen LogP contribution is -2.34. The fraction of sp³-hybridized carbons (Fsp3) is 0.171. The summed E-state index contributed by atoms with van der Waals surface area (Å²) in [6.45, 7) is 2.34. The van der Waals surface area contributed by atoms with Gasteiger partial charge in [-0.25, -0.2) is 43.5 Å². The molecule has 0 amide bonds. The van der Waals surface area contributed by atoms with Crippen LogP contribution in [0.4, 0.5) is 46.7 Å². The maximum absolute atomic E-state index is 10.4. The number of aromatic amines is 1. The highest BCUT2D eigenvalue weighted by molar-refractivity contribution is 14.1. The molecule has 0 aromatic carbocycles. The number of hydrogen-bond donors (Lipinski definition) is 7. The quantitative estimate of drug-likeness (QED) is 0.0320. The van der Waals surface area contributed by atoms with E-state index in [0.717, 1.165) is 77.8 Å². The van der Waals surface area contributed by atoms with Gasteiger partial charge in [-0.05, 0) is 190 Å². The zero-order valence-electron chi connectivity index (χ0n) is 57.1. The predicted molar refractivity (Wildman–Crippen MR) is 430 cm³/mol. The molecule has 0 saturated carbocycles. The summed E-state index contributed by atoms with van der Waals surface area (Å²) in [6, 6.07) is 30.6. The number of nitrogens with zero attached hydrogens (tertiary/aromatic N) is 26. The van der Waals surface area contributed by atoms with Crippen LogP contribution in [-0.4, -0.2) is 175 Å². The molecule has 37 nitrogen and oxygen atoms in total. The standard InChI is InChI=1S/C19H20N8O.C14H10ClN7.C8H6N4O2.C8H8N4.C6H3Cl2N3.C5H4IN.C5H11NO.C3H3N3O2.2CH4.H2/c28-12-15-3-1-9-26(15)19-23-18(16-4-2-10-27(16)24-19)22-17-11-25(13-21-17)14-5-7-20-8-6-14;15-14-19-13(11-2-1-7-22(11)20-14)18-12-8-21(9-17-12)10-3-5-16-6-4-10;13-12(14)8-5-11(6-10-8)7-1-3-9-4-2-7;9-8-5-12(6-11-8)7-1-3-10-4-2-7;7-5-4-2-1-3-11(4)10-6(8)9-5;6-5-1-3-7-4-2-5;7-4-5-2-1-3-6-5;7-6(8)3-1-4-2-5-3;;;/h2,4-8,10-11,13,15,28H,1,3,9,12H2,(H,22,23,24);1-9H,(H,18,19,20);1-6H;1-6H,9H2;1-3H;1-4H;5-7H,1-4H2;1-2H,(H,4,5);2*1H4;1H/t15-;;;;;;5-;;;;/m0.....0..../s1. The molecule has 574 valence electrons. The Hall–Kier alpha value is -12.9. The lowest BCUT2D eigenvalue weighted by atomic mass is 10.2. The van der Waals surface area contributed by atoms with Crippen molar-refractivity contribution in [3.05, 3.63) is 280 Å². The number of hydrogen-bond acceptors (Lipinski definition) is 27. The van der Waals surface area contributed by atoms with Crippen molar-refractivity contribution in [2.45, 2.75) is 52.6 Å². The summed E-state index contributed by atoms with van der Waals surface area (Å²) in [5.41, 5.74) is 11.7. The normalized spacial score (nSPS) is 13.0. The minimum atomic E-state index is -0.535. The Labute approximate surface area is 662 Å². The Morgan fingerprint density at radius 2 is 1.02 bits per heavy atom. The highest BCUT2D eigenvalue weighted by atomic mass is 127. The molecule has 8 N–H and O–H groups in total. The first-order valence-corrected chi connectivity index (χ1v) is 35.0. The second-order valence-corrected chi connectivity index (χ2v) is 25.0. The molecular weight excluding hydrogens is 1600 g/mol. The third-order valence-corrected chi connectivity index (χ3v) is 16.8. The number of aliphatic hydroxyl groups excluding tert-OH is 2. The van der Waals surface area contributed by atoms with Gasteiger partial charge in [-0.1, -0.05) is 26.5 Å². The van der Waals surface area contributed by atoms with Gasteiger partial charge in [-0.3, -0.25) is 29.5 Å². The summed E-state index contributed by atoms with van der Waals surface area (Å²) in [5, 5.41) is 61.2. The van der Waals surface area contributed by atoms with E-state index in [2.05, 4.69) is 124 Å². The van der Waals surface area contributed by atoms with Gasteiger partial charge in [0.15, 0.2) is 23.1 Å². The average Bonchev–Trinajstić information content (AvgIpc) is 1.61. The zero-order chi connectivity index (χ0) is 76.3. The van der Waals surface area contributed by atoms with Crippen molar-refractivity contribution in [2.75, 3.05) is 47.6 Å². The monoisotopic (exact) mass is 1680 g/mol. The Morgan fingerprint density at radius 3 is 1.44 bits per heavy atom. The first-order valence-electron chi connectivity index (χ1n) is 32.8. The van der Waals surface area contributed by atoms with Crippen molar-refractivity contribution in [3.63, 3.8) is 0 Å². The molecule has 0 radical (unpaired) electrons. The summed E-state index contributed by atoms with van der Waals surface area (Å²) in [5.74, 6) is 3.51. The molecule has 18 rings (SSSR count). The summed E-state index contributed by atoms with van der Waals surface area (Å²) < 4.78 is 13.5. The molecule has 0 unspecified atom stereocenters. The number of pyridine rings is 5. The number of nitrogens with one attached hydrogen (secondary N) is 4. The maximum atomic E-state index is 10.4. The van der Waals surface area contributed by atoms with Gasteiger partial charge < -0.3 is 70.7 Å². The lowest BCUT2D eigenvalue weighted by molar-refractivity contribution is -0.389. The molecule has 2 fully saturated rings. The number of nitrogen functional groups attached to an aromatic ring is 1. The van der Waals surface area contributed by atoms with E-state index in [1.165, 1.54) is 28.8 Å². The van der Waals surface area contributed by atoms with Gasteiger partial charge in [-0.15, -0.1) is 15.3 Å². The molecule has 111 heavy (non-hydrogen) atoms. The number of aliphatic hydroxyl groups is 2. The third kappa shape index (κ3) is 23.6. The topological polar surface area (TPSA) is 447 Å². The summed E-state index contributed by atoms with van der Waals surface area (Å²) in [4.78, 5) is 75.6. The van der Waals surface area contributed by atoms with Crippen molar-refractivity contribution in [1.29, 1.82) is 0 Å². The van der Waals surface area contributed by atoms with Crippen LogP contribution in [-0.2, 0) is 0 Å². The Balaban J connectivity index is 0.000000168. The molecule has 0 bridgehead atoms. The average molecular weight is 1680 g/mol. The number of nitrogens with two attached hydrogens (primary N) is 1. The van der Waals surface area contributed by atoms with Gasteiger partial charge in [-0.2, -0.15) is 9.97 Å². The van der Waals surface area contributed by atoms with Crippen LogP contribution in [0.25, 0.3) is 39.3 Å². The van der Waals surface area contributed by atoms with E-state index < -0.39 is 9.85 Å². The molecule has 2 atom stereocenters. The number of nitro groups is 2. The van der Waals surface area contributed by atoms with Gasteiger partial charge in [0.1, 0.15) is 65.4 Å². The van der Waals surface area contributed by atoms with E-state index in [0.29, 0.717) is 52.8 Å². The number of rotatable bonds is 13. The molecule has 18 heterocycles. The van der Waals surface area contributed by atoms with Crippen molar-refractivity contribution >= 4 is 121 Å². The van der Waals surface area contributed by atoms with Gasteiger partial charge in [0.2, 0.25) is 22.8 Å². The lowest BCUT2D eigenvalue weighted by Gasteiger charge is -2.23. The third-order valence-electron chi connectivity index (χ3n) is 15.5. The van der Waals surface area contributed by atoms with E-state index in [-0.39, 0.29) is 51.1 Å². The smallest absolute Gasteiger partial charge is 0.381 e. The van der Waals surface area contributed by atoms with Crippen LogP contribution in [0.5, 0.6) is 0 Å². The van der Waals surface area contributed by atoms with E-state index >= 15 is 0 Å². The first kappa shape index (κ1) is 82.2. The van der Waals surface area contributed by atoms with E-state index in [1.807, 2.05) is 123 Å². The Bertz CT molecular complexity index is 5450. The van der Waals surface area contributed by atoms with E-state index in [4.69, 9.17) is 50.6 Å². The molecule has 16 aromatic heterocycles. The molecule has 2 saturated heterocycles. The van der Waals surface area contributed by atoms with Crippen LogP contribution in [0.1, 0.15) is 42.0 Å². The van der Waals surface area contributed by atoms with Crippen molar-refractivity contribution in [1.82, 2.24) is 122 Å². The number of aromatic nitrogens is 24. The fourth-order valence-electron chi connectivity index (χ4n) is 10.3. The van der Waals surface area contributed by atoms with Crippen LogP contribution in [0.2, 0.25) is 15.7 Å². The summed E-state index contributed by atoms with van der Waals surface area (Å²) in [6.07, 6.45) is 42.8. The highest BCUT2D eigenvalue weighted by Crippen LogP contribution is 2.28. The number of fused-ring (bicyclic) bond motifs is 3. The largest absolute Gasteiger partial charge is 0.395 e. The van der Waals surface area contributed by atoms with Crippen molar-refractivity contribution in [3.8, 4) is 22.7 Å². The van der Waals surface area contributed by atoms with Crippen LogP contribution in [0.15, 0.2) is 240 Å². The van der Waals surface area contributed by atoms with Gasteiger partial charge in [0.05, 0.1) is 43.5 Å². The van der Waals surface area contributed by atoms with E-state index in [1.54, 1.807) is 124 Å². The Morgan fingerprint density at radius 1 is 0.550 bits per heavy atom. The summed E-state index contributed by atoms with van der Waals surface area (Å²) >= 11 is 19.5. The van der Waals surface area contributed by atoms with Crippen molar-refractivity contribution < 1.29 is 21.5 Å². The molecule has 2 aliphatic rings. The second-order valence-electron chi connectivity index (χ2n) is 22.7. The van der Waals surface area contributed by atoms with Gasteiger partial charge in [0, 0.05) is 115 Å². The van der Waals surface area contributed by atoms with Gasteiger partial charge >= 0.3 is 11.6 Å². The molecule has 0 aliphatic carbocycles. The van der Waals surface area contributed by atoms with Crippen LogP contribution in [0, 0.1) is 23.8 Å². The van der Waals surface area contributed by atoms with Crippen LogP contribution >= 0.6 is 57.4 Å². The van der Waals surface area contributed by atoms with Crippen LogP contribution < -0.4 is 26.6 Å². The number of H-pyrrole nitrogens is 1. The number of halogens is 4. The predicted octanol–water partition coefficient (Wildman–Crippen LogP) is 12.0. The number of imidazole rings is 5. The molecule has 2 aliphatic heterocycles. The molecule has 41 heteroatoms. The first-order chi connectivity index (χ1) is 53.1. The SMILES string of the molecule is C.C.Clc1nc(Cl)c2cccn2n1.Clc1nc(Nc2cn(-c3ccncc3)cn2)c2cccn2n1.Ic1ccncc1.Nc1cn(-c2ccncc2)cn1.O=[N+]([O-])c1cn(-c2ccncc2)cn1.O=[N+]([O-])c1cnc[nH]1.OC[C@@H]1CCCN1.OC[C@@H]1CCCN1c1nc(Nc2cn(-c3ccncc3)cn2)c2cccn2n1.[HH]. The minimum Gasteiger partial charge on any atom is -0.395 e. The zero-order valence-corrected chi connectivity index (χ0v) is 61.5. The maximum Gasteiger partial charge on any atom is 0.381 e. The second kappa shape index (κ2) is 41.5. The minimum absolute atomic E-state index is 0. The van der Waals surface area contributed by atoms with Crippen LogP contribution in [0.3, 0.4) is 0 Å². The number of anilines is 6. The van der Waals surface area contributed by atoms with Gasteiger partial charge in [0.25, 0.3) is 0 Å². The molecular formula is C70H75Cl3IN31O6. The highest BCUT2D eigenvalue weighted by Gasteiger charge is 2.27. The Kier molecular flexibility index (Phi) is 30.7. The molecule has 16 aromatic rings. The summed E-state index contributed by atoms with van der Waals surface area (Å²) in [7, 11) is 0. The van der Waals surface area contributed by atoms with E-state index in [9.17, 15) is 25.3 Å².